The van der Waals surface area contributed by atoms with Gasteiger partial charge in [0.1, 0.15) is 0 Å². The minimum Gasteiger partial charge on any atom is -0.479 e. The number of nitrogens with zero attached hydrogens (tertiary/aromatic N) is 2. The standard InChI is InChI=1S/C30H43ClN2O3.101H2/c1-20-19-24(15-16-25(20)31)26(23-13-11-10-12-14-23)32-17-18-33(30(8,9)29(32,6)7)28(4,5)22(3)36-21(2)27(34)35;;;;;;;;;;;;;;;;;;;;;;;;;;;;;;;;;;;;;;;;;;;;;;;;;;;;;;;;;;;;;;;;;;;;;;;;;;;;;;;;;;;;;;;;;;;;;;;;;;;;;/h10-16,19,21-22,26H,17-18H2,1-9H3,(H,34,35);101*1H/t21?,22?,26-;;;;;;;;;;;;;;;;;;;;;;;;;;;;;;;;;;;;;;;;;;;;;;;;;;;;;;;;;;;;;;;;;;;;;;;;;;;;;;;;;;;;;;;;;;;;;;;;;;;;;/m1...................................................................................................../s1. The molecule has 1 aliphatic heterocycles. The average Bonchev–Trinajstić information content (AvgIpc) is 2.79. The lowest BCUT2D eigenvalue weighted by molar-refractivity contribution is -0.179. The highest BCUT2D eigenvalue weighted by Gasteiger charge is 2.55. The van der Waals surface area contributed by atoms with Gasteiger partial charge in [-0.1, -0.05) is 54.1 Å². The van der Waals surface area contributed by atoms with Crippen molar-refractivity contribution in [1.29, 1.82) is 0 Å². The molecule has 2 aromatic rings. The van der Waals surface area contributed by atoms with Gasteiger partial charge in [-0.3, -0.25) is 9.80 Å². The Kier molecular flexibility index (Phi) is 8.31. The van der Waals surface area contributed by atoms with Crippen LogP contribution in [0.3, 0.4) is 0 Å². The van der Waals surface area contributed by atoms with E-state index in [1.54, 1.807) is 6.92 Å². The van der Waals surface area contributed by atoms with Crippen LogP contribution in [0, 0.1) is 6.92 Å². The Morgan fingerprint density at radius 1 is 1.03 bits per heavy atom. The summed E-state index contributed by atoms with van der Waals surface area (Å²) in [7, 11) is 0. The molecular weight excluding hydrogens is 472 g/mol. The zero-order chi connectivity index (χ0) is 27.1. The van der Waals surface area contributed by atoms with Crippen LogP contribution < -0.4 is 0 Å². The summed E-state index contributed by atoms with van der Waals surface area (Å²) in [6.45, 7) is 20.9. The molecule has 0 aliphatic carbocycles. The third kappa shape index (κ3) is 5.22. The van der Waals surface area contributed by atoms with Crippen LogP contribution in [0.1, 0.15) is 222 Å². The first-order chi connectivity index (χ1) is 16.6. The smallest absolute Gasteiger partial charge is 0.332 e. The van der Waals surface area contributed by atoms with Crippen molar-refractivity contribution >= 4 is 17.6 Å². The van der Waals surface area contributed by atoms with Gasteiger partial charge in [0.15, 0.2) is 6.10 Å². The lowest BCUT2D eigenvalue weighted by Gasteiger charge is -2.65. The molecule has 1 saturated heterocycles. The molecule has 3 rings (SSSR count). The van der Waals surface area contributed by atoms with Crippen molar-refractivity contribution in [2.45, 2.75) is 97.2 Å². The third-order valence-electron chi connectivity index (χ3n) is 8.83. The summed E-state index contributed by atoms with van der Waals surface area (Å²) in [5.74, 6) is -0.939. The number of carbonyl (C=O) groups is 1. The Morgan fingerprint density at radius 3 is 2.19 bits per heavy atom. The predicted octanol–water partition coefficient (Wildman–Crippen LogP) is 31.4. The molecule has 400 valence electrons. The fourth-order valence-corrected chi connectivity index (χ4v) is 5.80. The minimum absolute atomic E-state index is 0. The topological polar surface area (TPSA) is 53.0 Å². The second kappa shape index (κ2) is 10.4. The van der Waals surface area contributed by atoms with Gasteiger partial charge in [-0.2, -0.15) is 0 Å². The highest BCUT2D eigenvalue weighted by atomic mass is 35.5. The largest absolute Gasteiger partial charge is 0.479 e. The molecule has 6 heteroatoms. The molecule has 36 heavy (non-hydrogen) atoms. The SMILES string of the molecule is Cc1cc([C@@H](c2ccccc2)N2CCN(C(C)(C)C(C)OC(C)C(=O)O)C(C)(C)C2(C)C)ccc1Cl.[HH].[HH].[HH].[HH].[HH].[HH].[HH].[HH].[HH].[HH].[HH].[HH].[HH].[HH].[HH].[HH].[HH].[HH].[HH].[HH].[HH].[HH].[HH].[HH].[HH].[HH].[HH].[HH].[HH].[HH].[HH].[HH].[HH].[HH].[HH].[HH].[HH].[HH].[HH].[HH].[HH].[HH].[HH].[HH].[HH].[HH].[HH].[HH].[HH].[HH].[HH].[HH].[HH].[HH].[HH].[HH].[HH].[HH].[HH].[HH].[HH].[HH].[HH].[HH].[HH].[HH].[HH].[HH].[HH].[HH].[HH].[HH].[HH].[HH].[HH].[HH].[HH].[HH].[HH].[HH].[HH].[HH].[HH].[HH].[HH].[HH].[HH].[HH].[HH].[HH].[HH].[HH].[HH].[HH].[HH].[HH].[HH].[HH].[HH].[HH].[HH]. The van der Waals surface area contributed by atoms with E-state index in [1.807, 2.05) is 13.0 Å². The summed E-state index contributed by atoms with van der Waals surface area (Å²) in [5, 5.41) is 10.2. The van der Waals surface area contributed by atoms with E-state index in [0.29, 0.717) is 0 Å². The molecule has 1 fully saturated rings. The first-order valence-electron chi connectivity index (χ1n) is 12.9. The van der Waals surface area contributed by atoms with Crippen molar-refractivity contribution < 1.29 is 159 Å². The molecular formula is C30H245ClN2O3. The highest BCUT2D eigenvalue weighted by molar-refractivity contribution is 6.31. The van der Waals surface area contributed by atoms with Gasteiger partial charge in [0.2, 0.25) is 0 Å². The highest BCUT2D eigenvalue weighted by Crippen LogP contribution is 2.47. The van der Waals surface area contributed by atoms with Gasteiger partial charge in [0.25, 0.3) is 0 Å². The number of hydrogen-bond acceptors (Lipinski definition) is 4. The maximum absolute atomic E-state index is 11.4. The van der Waals surface area contributed by atoms with E-state index in [0.717, 1.165) is 23.7 Å². The summed E-state index contributed by atoms with van der Waals surface area (Å²) in [4.78, 5) is 16.6. The summed E-state index contributed by atoms with van der Waals surface area (Å²) in [6.07, 6.45) is -1.12. The van der Waals surface area contributed by atoms with E-state index in [-0.39, 0.29) is 173 Å². The monoisotopic (exact) mass is 718 g/mol. The van der Waals surface area contributed by atoms with Crippen LogP contribution in [0.5, 0.6) is 0 Å². The molecule has 0 saturated carbocycles. The fourth-order valence-electron chi connectivity index (χ4n) is 5.68. The fraction of sp³-hybridized carbons (Fsp3) is 0.567. The van der Waals surface area contributed by atoms with Crippen molar-refractivity contribution in [1.82, 2.24) is 9.80 Å². The van der Waals surface area contributed by atoms with Gasteiger partial charge in [0, 0.05) is 179 Å². The van der Waals surface area contributed by atoms with Crippen molar-refractivity contribution in [3.63, 3.8) is 0 Å². The van der Waals surface area contributed by atoms with Gasteiger partial charge in [-0.15, -0.1) is 0 Å². The molecule has 1 N–H and O–H groups in total. The number of aliphatic carboxylic acids is 1. The van der Waals surface area contributed by atoms with E-state index in [4.69, 9.17) is 16.3 Å². The number of benzene rings is 2. The van der Waals surface area contributed by atoms with Crippen LogP contribution in [0.4, 0.5) is 0 Å². The summed E-state index contributed by atoms with van der Waals surface area (Å²) < 4.78 is 5.96. The molecule has 1 aliphatic rings. The van der Waals surface area contributed by atoms with E-state index in [1.165, 1.54) is 11.1 Å². The first kappa shape index (κ1) is 28.6. The zero-order valence-electron chi connectivity index (χ0n) is 23.3. The van der Waals surface area contributed by atoms with E-state index >= 15 is 0 Å². The van der Waals surface area contributed by atoms with Crippen LogP contribution in [-0.4, -0.2) is 62.8 Å². The first-order valence-corrected chi connectivity index (χ1v) is 13.2. The summed E-state index contributed by atoms with van der Waals surface area (Å²) in [6, 6.07) is 17.1. The number of halogens is 1. The van der Waals surface area contributed by atoms with Gasteiger partial charge in [-0.05, 0) is 85.1 Å². The molecule has 0 amide bonds. The molecule has 5 nitrogen and oxygen atoms in total. The molecule has 3 atom stereocenters. The van der Waals surface area contributed by atoms with Crippen molar-refractivity contribution in [2.24, 2.45) is 0 Å². The second-order valence-electron chi connectivity index (χ2n) is 11.7. The van der Waals surface area contributed by atoms with Crippen LogP contribution in [-0.2, 0) is 9.53 Å². The second-order valence-corrected chi connectivity index (χ2v) is 12.1. The zero-order valence-corrected chi connectivity index (χ0v) is 24.1. The van der Waals surface area contributed by atoms with Crippen LogP contribution >= 0.6 is 11.6 Å². The number of piperazine rings is 1. The maximum atomic E-state index is 11.4. The lowest BCUT2D eigenvalue weighted by Crippen LogP contribution is -2.76. The summed E-state index contributed by atoms with van der Waals surface area (Å²) >= 11 is 6.40. The normalized spacial score (nSPS) is 21.1. The summed E-state index contributed by atoms with van der Waals surface area (Å²) in [5.41, 5.74) is 2.68. The maximum Gasteiger partial charge on any atom is 0.332 e. The third-order valence-corrected chi connectivity index (χ3v) is 9.25. The number of carboxylic acids is 1. The van der Waals surface area contributed by atoms with Crippen LogP contribution in [0.25, 0.3) is 0 Å². The predicted molar refractivity (Wildman–Crippen MR) is 361 cm³/mol. The molecule has 0 radical (unpaired) electrons. The van der Waals surface area contributed by atoms with Gasteiger partial charge < -0.3 is 9.84 Å². The molecule has 0 aromatic heterocycles. The number of rotatable bonds is 8. The average molecular weight is 719 g/mol. The Balaban J connectivity index is -0.00000000147. The van der Waals surface area contributed by atoms with E-state index in [2.05, 4.69) is 101 Å². The quantitative estimate of drug-likeness (QED) is 0.294. The molecule has 2 unspecified atom stereocenters. The Labute approximate surface area is 372 Å². The van der Waals surface area contributed by atoms with Gasteiger partial charge in [0.05, 0.1) is 12.1 Å². The van der Waals surface area contributed by atoms with Crippen LogP contribution in [0.15, 0.2) is 48.5 Å². The Bertz CT molecular complexity index is 1180. The lowest BCUT2D eigenvalue weighted by atomic mass is 9.72. The molecule has 0 bridgehead atoms. The number of ether oxygens (including phenoxy) is 1. The van der Waals surface area contributed by atoms with Crippen molar-refractivity contribution in [3.05, 3.63) is 70.2 Å². The van der Waals surface area contributed by atoms with E-state index in [9.17, 15) is 9.90 Å². The van der Waals surface area contributed by atoms with Crippen LogP contribution in [0.2, 0.25) is 5.02 Å². The number of hydrogen-bond donors (Lipinski definition) is 1. The van der Waals surface area contributed by atoms with E-state index < -0.39 is 12.1 Å². The Hall–Kier alpha value is -1.92. The molecule has 1 heterocycles. The van der Waals surface area contributed by atoms with Crippen molar-refractivity contribution in [3.8, 4) is 0 Å². The number of aryl methyl sites for hydroxylation is 1. The molecule has 2 aromatic carbocycles. The Morgan fingerprint density at radius 2 is 1.64 bits per heavy atom. The van der Waals surface area contributed by atoms with Gasteiger partial charge >= 0.3 is 5.97 Å². The molecule has 0 spiro atoms. The van der Waals surface area contributed by atoms with Crippen molar-refractivity contribution in [2.75, 3.05) is 13.1 Å². The minimum atomic E-state index is -0.939. The van der Waals surface area contributed by atoms with Gasteiger partial charge in [-0.25, -0.2) is 4.79 Å². The number of carboxylic acid groups (broad SMARTS) is 1.